The van der Waals surface area contributed by atoms with Crippen molar-refractivity contribution in [2.24, 2.45) is 0 Å². The van der Waals surface area contributed by atoms with Crippen LogP contribution in [0.2, 0.25) is 5.02 Å². The summed E-state index contributed by atoms with van der Waals surface area (Å²) in [7, 11) is 1.61. The zero-order valence-electron chi connectivity index (χ0n) is 17.2. The minimum atomic E-state index is -0.478. The molecule has 9 heteroatoms. The molecule has 31 heavy (non-hydrogen) atoms. The van der Waals surface area contributed by atoms with Gasteiger partial charge in [0.2, 0.25) is 0 Å². The van der Waals surface area contributed by atoms with Crippen LogP contribution in [0.4, 0.5) is 15.9 Å². The van der Waals surface area contributed by atoms with E-state index in [1.54, 1.807) is 19.4 Å². The maximum atomic E-state index is 13.5. The molecule has 0 spiro atoms. The number of hydrogen-bond donors (Lipinski definition) is 1. The van der Waals surface area contributed by atoms with Crippen LogP contribution < -0.4 is 14.8 Å². The lowest BCUT2D eigenvalue weighted by molar-refractivity contribution is 0.0357. The standard InChI is InChI=1S/C22H24ClFN4O3/c1-29-20-11-15-14-25-27-22(26-16-3-4-19(24)18(23)12-16)17(15)13-21(20)31-8-2-5-28-6-9-30-10-7-28/h3-4,11-14H,2,5-10H2,1H3,(H,26,27). The van der Waals surface area contributed by atoms with Crippen LogP contribution in [-0.4, -0.2) is 61.7 Å². The third-order valence-corrected chi connectivity index (χ3v) is 5.40. The lowest BCUT2D eigenvalue weighted by Crippen LogP contribution is -2.37. The second kappa shape index (κ2) is 10.1. The van der Waals surface area contributed by atoms with Crippen LogP contribution in [0.5, 0.6) is 11.5 Å². The number of nitrogens with zero attached hydrogens (tertiary/aromatic N) is 3. The number of ether oxygens (including phenoxy) is 3. The molecule has 1 N–H and O–H groups in total. The molecular formula is C22H24ClFN4O3. The van der Waals surface area contributed by atoms with Gasteiger partial charge in [-0.05, 0) is 36.8 Å². The van der Waals surface area contributed by atoms with Crippen molar-refractivity contribution >= 4 is 33.9 Å². The number of aromatic nitrogens is 2. The maximum Gasteiger partial charge on any atom is 0.161 e. The van der Waals surface area contributed by atoms with Crippen LogP contribution in [0.1, 0.15) is 6.42 Å². The number of fused-ring (bicyclic) bond motifs is 1. The first-order valence-electron chi connectivity index (χ1n) is 10.1. The van der Waals surface area contributed by atoms with Crippen LogP contribution in [0.25, 0.3) is 10.8 Å². The van der Waals surface area contributed by atoms with Gasteiger partial charge in [0.15, 0.2) is 17.3 Å². The average molecular weight is 447 g/mol. The Labute approximate surface area is 185 Å². The minimum Gasteiger partial charge on any atom is -0.493 e. The zero-order chi connectivity index (χ0) is 21.6. The van der Waals surface area contributed by atoms with Crippen molar-refractivity contribution < 1.29 is 18.6 Å². The molecule has 0 saturated carbocycles. The van der Waals surface area contributed by atoms with Gasteiger partial charge in [-0.3, -0.25) is 4.90 Å². The van der Waals surface area contributed by atoms with E-state index < -0.39 is 5.82 Å². The van der Waals surface area contributed by atoms with Crippen LogP contribution in [0.15, 0.2) is 36.5 Å². The minimum absolute atomic E-state index is 0.0316. The molecule has 1 fully saturated rings. The summed E-state index contributed by atoms with van der Waals surface area (Å²) in [6, 6.07) is 8.14. The molecular weight excluding hydrogens is 423 g/mol. The van der Waals surface area contributed by atoms with E-state index in [9.17, 15) is 4.39 Å². The second-order valence-electron chi connectivity index (χ2n) is 7.19. The normalized spacial score (nSPS) is 14.5. The molecule has 7 nitrogen and oxygen atoms in total. The van der Waals surface area contributed by atoms with Crippen molar-refractivity contribution in [3.63, 3.8) is 0 Å². The topological polar surface area (TPSA) is 68.7 Å². The summed E-state index contributed by atoms with van der Waals surface area (Å²) in [6.45, 7) is 5.02. The van der Waals surface area contributed by atoms with E-state index in [0.29, 0.717) is 29.6 Å². The van der Waals surface area contributed by atoms with Gasteiger partial charge >= 0.3 is 0 Å². The lowest BCUT2D eigenvalue weighted by Gasteiger charge is -2.26. The summed E-state index contributed by atoms with van der Waals surface area (Å²) in [5.41, 5.74) is 0.608. The van der Waals surface area contributed by atoms with E-state index in [2.05, 4.69) is 20.4 Å². The molecule has 0 amide bonds. The Morgan fingerprint density at radius 1 is 1.19 bits per heavy atom. The summed E-state index contributed by atoms with van der Waals surface area (Å²) >= 11 is 5.89. The average Bonchev–Trinajstić information content (AvgIpc) is 2.79. The third kappa shape index (κ3) is 5.33. The molecule has 3 aromatic rings. The summed E-state index contributed by atoms with van der Waals surface area (Å²) in [5.74, 6) is 1.29. The summed E-state index contributed by atoms with van der Waals surface area (Å²) in [6.07, 6.45) is 2.55. The molecule has 0 radical (unpaired) electrons. The third-order valence-electron chi connectivity index (χ3n) is 5.11. The first-order valence-corrected chi connectivity index (χ1v) is 10.5. The van der Waals surface area contributed by atoms with Gasteiger partial charge in [0.05, 0.1) is 38.1 Å². The Morgan fingerprint density at radius 2 is 2.03 bits per heavy atom. The number of benzene rings is 2. The number of hydrogen-bond acceptors (Lipinski definition) is 7. The molecule has 164 valence electrons. The van der Waals surface area contributed by atoms with Gasteiger partial charge in [0.1, 0.15) is 5.82 Å². The van der Waals surface area contributed by atoms with E-state index >= 15 is 0 Å². The SMILES string of the molecule is COc1cc2cnnc(Nc3ccc(F)c(Cl)c3)c2cc1OCCCN1CCOCC1. The van der Waals surface area contributed by atoms with Gasteiger partial charge in [-0.15, -0.1) is 5.10 Å². The predicted molar refractivity (Wildman–Crippen MR) is 118 cm³/mol. The molecule has 0 bridgehead atoms. The highest BCUT2D eigenvalue weighted by Crippen LogP contribution is 2.35. The van der Waals surface area contributed by atoms with Crippen molar-refractivity contribution in [1.82, 2.24) is 15.1 Å². The molecule has 1 aliphatic rings. The second-order valence-corrected chi connectivity index (χ2v) is 7.60. The van der Waals surface area contributed by atoms with Gasteiger partial charge in [-0.25, -0.2) is 4.39 Å². The number of halogens is 2. The highest BCUT2D eigenvalue weighted by atomic mass is 35.5. The fourth-order valence-corrected chi connectivity index (χ4v) is 3.64. The maximum absolute atomic E-state index is 13.5. The molecule has 1 aromatic heterocycles. The van der Waals surface area contributed by atoms with Crippen LogP contribution >= 0.6 is 11.6 Å². The zero-order valence-corrected chi connectivity index (χ0v) is 18.0. The van der Waals surface area contributed by atoms with Crippen LogP contribution in [0.3, 0.4) is 0 Å². The van der Waals surface area contributed by atoms with E-state index in [1.165, 1.54) is 12.1 Å². The number of morpholine rings is 1. The van der Waals surface area contributed by atoms with Crippen LogP contribution in [-0.2, 0) is 4.74 Å². The largest absolute Gasteiger partial charge is 0.493 e. The molecule has 2 heterocycles. The molecule has 0 unspecified atom stereocenters. The Kier molecular flexibility index (Phi) is 7.01. The molecule has 0 aliphatic carbocycles. The molecule has 1 aliphatic heterocycles. The highest BCUT2D eigenvalue weighted by Gasteiger charge is 2.13. The molecule has 1 saturated heterocycles. The van der Waals surface area contributed by atoms with Gasteiger partial charge in [0.25, 0.3) is 0 Å². The Hall–Kier alpha value is -2.68. The fraction of sp³-hybridized carbons (Fsp3) is 0.364. The number of anilines is 2. The first kappa shape index (κ1) is 21.5. The Morgan fingerprint density at radius 3 is 2.81 bits per heavy atom. The van der Waals surface area contributed by atoms with Gasteiger partial charge in [-0.1, -0.05) is 11.6 Å². The lowest BCUT2D eigenvalue weighted by atomic mass is 10.1. The molecule has 0 atom stereocenters. The quantitative estimate of drug-likeness (QED) is 0.518. The van der Waals surface area contributed by atoms with Crippen molar-refractivity contribution in [2.75, 3.05) is 51.9 Å². The molecule has 2 aromatic carbocycles. The predicted octanol–water partition coefficient (Wildman–Crippen LogP) is 4.28. The van der Waals surface area contributed by atoms with E-state index in [1.807, 2.05) is 12.1 Å². The monoisotopic (exact) mass is 446 g/mol. The Bertz CT molecular complexity index is 1050. The van der Waals surface area contributed by atoms with Crippen molar-refractivity contribution in [3.8, 4) is 11.5 Å². The van der Waals surface area contributed by atoms with E-state index in [4.69, 9.17) is 25.8 Å². The summed E-state index contributed by atoms with van der Waals surface area (Å²) in [4.78, 5) is 2.37. The number of methoxy groups -OCH3 is 1. The number of rotatable bonds is 8. The summed E-state index contributed by atoms with van der Waals surface area (Å²) < 4.78 is 30.4. The van der Waals surface area contributed by atoms with E-state index in [-0.39, 0.29) is 5.02 Å². The van der Waals surface area contributed by atoms with Gasteiger partial charge in [-0.2, -0.15) is 5.10 Å². The van der Waals surface area contributed by atoms with Crippen molar-refractivity contribution in [1.29, 1.82) is 0 Å². The number of nitrogens with one attached hydrogen (secondary N) is 1. The Balaban J connectivity index is 1.51. The fourth-order valence-electron chi connectivity index (χ4n) is 3.46. The van der Waals surface area contributed by atoms with Gasteiger partial charge in [0, 0.05) is 36.1 Å². The first-order chi connectivity index (χ1) is 15.1. The van der Waals surface area contributed by atoms with Crippen molar-refractivity contribution in [2.45, 2.75) is 6.42 Å². The highest BCUT2D eigenvalue weighted by molar-refractivity contribution is 6.31. The van der Waals surface area contributed by atoms with Crippen molar-refractivity contribution in [3.05, 3.63) is 47.4 Å². The van der Waals surface area contributed by atoms with Crippen LogP contribution in [0, 0.1) is 5.82 Å². The summed E-state index contributed by atoms with van der Waals surface area (Å²) in [5, 5.41) is 13.1. The van der Waals surface area contributed by atoms with E-state index in [0.717, 1.165) is 50.0 Å². The molecule has 4 rings (SSSR count). The van der Waals surface area contributed by atoms with Gasteiger partial charge < -0.3 is 19.5 Å². The smallest absolute Gasteiger partial charge is 0.161 e.